The van der Waals surface area contributed by atoms with E-state index in [1.807, 2.05) is 0 Å². The number of hydrogen-bond acceptors (Lipinski definition) is 25. The van der Waals surface area contributed by atoms with Crippen molar-refractivity contribution < 1.29 is 118 Å². The maximum absolute atomic E-state index is 13.3. The first-order valence-corrected chi connectivity index (χ1v) is 21.0. The summed E-state index contributed by atoms with van der Waals surface area (Å²) in [7, 11) is 1.47. The van der Waals surface area contributed by atoms with Crippen molar-refractivity contribution in [3.8, 4) is 28.6 Å². The summed E-state index contributed by atoms with van der Waals surface area (Å²) in [5.74, 6) is -1.17. The van der Waals surface area contributed by atoms with Gasteiger partial charge in [0.15, 0.2) is 30.4 Å². The van der Waals surface area contributed by atoms with Gasteiger partial charge in [-0.25, -0.2) is 0 Å². The van der Waals surface area contributed by atoms with E-state index in [0.29, 0.717) is 11.3 Å². The maximum atomic E-state index is 13.3. The normalized spacial score (nSPS) is 39.2. The molecule has 4 aliphatic heterocycles. The van der Waals surface area contributed by atoms with Gasteiger partial charge in [0.2, 0.25) is 6.29 Å². The predicted molar refractivity (Wildman–Crippen MR) is 217 cm³/mol. The fourth-order valence-corrected chi connectivity index (χ4v) is 7.98. The van der Waals surface area contributed by atoms with Crippen LogP contribution in [0.5, 0.6) is 17.2 Å². The Balaban J connectivity index is 1.27. The third-order valence-electron chi connectivity index (χ3n) is 11.8. The van der Waals surface area contributed by atoms with E-state index in [1.54, 1.807) is 24.3 Å². The van der Waals surface area contributed by atoms with Crippen molar-refractivity contribution in [2.75, 3.05) is 26.9 Å². The van der Waals surface area contributed by atoms with Gasteiger partial charge >= 0.3 is 5.97 Å². The van der Waals surface area contributed by atoms with E-state index in [0.717, 1.165) is 19.1 Å². The van der Waals surface area contributed by atoms with Crippen LogP contribution in [0, 0.1) is 0 Å². The zero-order valence-electron chi connectivity index (χ0n) is 35.9. The minimum Gasteiger partial charge on any atom is -0.507 e. The summed E-state index contributed by atoms with van der Waals surface area (Å²) in [5.41, 5.74) is -0.417. The fraction of sp³-hybridized carbons (Fsp3) is 0.619. The number of fused-ring (bicyclic) bond motifs is 1. The Kier molecular flexibility index (Phi) is 16.0. The minimum absolute atomic E-state index is 0.0687. The van der Waals surface area contributed by atoms with E-state index in [-0.39, 0.29) is 22.5 Å². The van der Waals surface area contributed by atoms with Crippen LogP contribution in [-0.4, -0.2) is 217 Å². The molecule has 7 rings (SSSR count). The summed E-state index contributed by atoms with van der Waals surface area (Å²) in [6, 6.07) is 9.79. The van der Waals surface area contributed by atoms with Crippen LogP contribution in [0.1, 0.15) is 13.8 Å². The van der Waals surface area contributed by atoms with Crippen LogP contribution in [0.2, 0.25) is 0 Å². The van der Waals surface area contributed by atoms with Crippen LogP contribution in [0.25, 0.3) is 22.3 Å². The van der Waals surface area contributed by atoms with Gasteiger partial charge in [-0.05, 0) is 31.2 Å². The minimum atomic E-state index is -2.13. The molecule has 12 N–H and O–H groups in total. The molecule has 0 amide bonds. The molecule has 4 aliphatic rings. The summed E-state index contributed by atoms with van der Waals surface area (Å²) in [6.07, 6.45) is -36.3. The molecular weight excluding hydrogens is 904 g/mol. The number of methoxy groups -OCH3 is 1. The molecule has 1 aromatic heterocycles. The number of hydrogen-bond donors (Lipinski definition) is 12. The molecule has 0 saturated carbocycles. The van der Waals surface area contributed by atoms with Crippen molar-refractivity contribution in [1.82, 2.24) is 0 Å². The van der Waals surface area contributed by atoms with Gasteiger partial charge in [-0.3, -0.25) is 9.59 Å². The number of ether oxygens (including phenoxy) is 10. The molecule has 67 heavy (non-hydrogen) atoms. The Bertz CT molecular complexity index is 2190. The van der Waals surface area contributed by atoms with Crippen LogP contribution in [0.15, 0.2) is 51.7 Å². The number of phenols is 1. The van der Waals surface area contributed by atoms with Crippen molar-refractivity contribution >= 4 is 16.9 Å². The standard InChI is InChI=1S/C42H54O25/c1-14-27(47)30(50)34(54)40(60-14)66-37-25(13-59-39-33(53)31(51)28(48)23(11-43)63-39)65-42(38(36(37)56)67-41-35(55)32(52)29(49)24(64-41)12-58-15(2)44)61-18-8-19(45)26-20(46)10-21(62-22(26)9-18)16-4-6-17(57-3)7-5-16/h4-10,14,23-25,27-43,45,47-56H,11-13H2,1-3H3/t14?,23?,24?,25?,27-,28+,29+,30-,31?,32?,33+,34?,35?,36-,37+,38?,39+,40-,41-,42+/m0/s1. The highest BCUT2D eigenvalue weighted by Crippen LogP contribution is 2.37. The van der Waals surface area contributed by atoms with E-state index in [2.05, 4.69) is 0 Å². The maximum Gasteiger partial charge on any atom is 0.302 e. The molecule has 25 nitrogen and oxygen atoms in total. The van der Waals surface area contributed by atoms with Crippen molar-refractivity contribution in [3.63, 3.8) is 0 Å². The van der Waals surface area contributed by atoms with Crippen LogP contribution in [0.4, 0.5) is 0 Å². The Labute approximate surface area is 379 Å². The van der Waals surface area contributed by atoms with Gasteiger partial charge in [0.1, 0.15) is 126 Å². The average molecular weight is 959 g/mol. The topological polar surface area (TPSA) is 382 Å². The number of aromatic hydroxyl groups is 1. The van der Waals surface area contributed by atoms with Crippen LogP contribution < -0.4 is 14.9 Å². The van der Waals surface area contributed by atoms with Crippen LogP contribution in [-0.2, 0) is 42.7 Å². The van der Waals surface area contributed by atoms with E-state index >= 15 is 0 Å². The van der Waals surface area contributed by atoms with E-state index in [9.17, 15) is 70.9 Å². The number of carbonyl (C=O) groups is 1. The third-order valence-corrected chi connectivity index (χ3v) is 11.8. The quantitative estimate of drug-likeness (QED) is 0.0677. The molecule has 372 valence electrons. The average Bonchev–Trinajstić information content (AvgIpc) is 3.30. The van der Waals surface area contributed by atoms with Gasteiger partial charge < -0.3 is 113 Å². The molecule has 9 unspecified atom stereocenters. The second kappa shape index (κ2) is 21.2. The number of rotatable bonds is 14. The highest BCUT2D eigenvalue weighted by Gasteiger charge is 2.55. The lowest BCUT2D eigenvalue weighted by Gasteiger charge is -2.49. The van der Waals surface area contributed by atoms with Gasteiger partial charge in [-0.2, -0.15) is 0 Å². The molecular formula is C42H54O25. The summed E-state index contributed by atoms with van der Waals surface area (Å²) >= 11 is 0. The molecule has 4 saturated heterocycles. The van der Waals surface area contributed by atoms with Gasteiger partial charge in [0, 0.05) is 30.7 Å². The summed E-state index contributed by atoms with van der Waals surface area (Å²) < 4.78 is 63.3. The SMILES string of the molecule is COc1ccc(-c2cc(=O)c3c(O)cc(O[C@@H]4OC(CO[C@@H]5OC(CO)[C@@H](O)C(O)[C@H]5O)[C@@H](O[C@@H]5OC(C)[C@H](O)[C@H](O)C5O)[C@H](O)C4O[C@@H]4OC(COC(C)=O)[C@@H](O)C(O)C4O)cc3o2)cc1. The first-order chi connectivity index (χ1) is 31.8. The molecule has 0 bridgehead atoms. The lowest BCUT2D eigenvalue weighted by molar-refractivity contribution is -0.382. The Morgan fingerprint density at radius 2 is 1.21 bits per heavy atom. The van der Waals surface area contributed by atoms with Gasteiger partial charge in [-0.15, -0.1) is 0 Å². The van der Waals surface area contributed by atoms with Gasteiger partial charge in [-0.1, -0.05) is 0 Å². The number of phenolic OH excluding ortho intramolecular Hbond substituents is 1. The molecule has 0 radical (unpaired) electrons. The Morgan fingerprint density at radius 1 is 0.627 bits per heavy atom. The molecule has 3 aromatic rings. The second-order valence-electron chi connectivity index (χ2n) is 16.4. The predicted octanol–water partition coefficient (Wildman–Crippen LogP) is -4.58. The molecule has 25 heteroatoms. The smallest absolute Gasteiger partial charge is 0.302 e. The lowest BCUT2D eigenvalue weighted by Crippen LogP contribution is -2.67. The third kappa shape index (κ3) is 10.7. The zero-order valence-corrected chi connectivity index (χ0v) is 35.9. The first-order valence-electron chi connectivity index (χ1n) is 21.0. The summed E-state index contributed by atoms with van der Waals surface area (Å²) in [5, 5.41) is 129. The van der Waals surface area contributed by atoms with Crippen molar-refractivity contribution in [2.45, 2.75) is 137 Å². The van der Waals surface area contributed by atoms with Crippen molar-refractivity contribution in [2.24, 2.45) is 0 Å². The van der Waals surface area contributed by atoms with Crippen LogP contribution in [0.3, 0.4) is 0 Å². The summed E-state index contributed by atoms with van der Waals surface area (Å²) in [4.78, 5) is 25.0. The lowest BCUT2D eigenvalue weighted by atomic mass is 9.96. The van der Waals surface area contributed by atoms with E-state index < -0.39 is 160 Å². The molecule has 5 heterocycles. The molecule has 0 aliphatic carbocycles. The highest BCUT2D eigenvalue weighted by molar-refractivity contribution is 5.86. The number of benzene rings is 2. The van der Waals surface area contributed by atoms with Gasteiger partial charge in [0.25, 0.3) is 0 Å². The van der Waals surface area contributed by atoms with Gasteiger partial charge in [0.05, 0.1) is 26.4 Å². The second-order valence-corrected chi connectivity index (χ2v) is 16.4. The number of aliphatic hydroxyl groups excluding tert-OH is 11. The van der Waals surface area contributed by atoms with E-state index in [1.165, 1.54) is 20.1 Å². The largest absolute Gasteiger partial charge is 0.507 e. The van der Waals surface area contributed by atoms with Crippen molar-refractivity contribution in [1.29, 1.82) is 0 Å². The fourth-order valence-electron chi connectivity index (χ4n) is 7.98. The van der Waals surface area contributed by atoms with Crippen LogP contribution >= 0.6 is 0 Å². The molecule has 2 aromatic carbocycles. The molecule has 0 spiro atoms. The number of carbonyl (C=O) groups excluding carboxylic acids is 1. The Morgan fingerprint density at radius 3 is 1.85 bits per heavy atom. The molecule has 4 fully saturated rings. The van der Waals surface area contributed by atoms with Crippen molar-refractivity contribution in [3.05, 3.63) is 52.7 Å². The first kappa shape index (κ1) is 50.7. The Hall–Kier alpha value is -4.20. The number of esters is 1. The summed E-state index contributed by atoms with van der Waals surface area (Å²) in [6.45, 7) is 0.134. The number of aliphatic hydroxyl groups is 11. The zero-order chi connectivity index (χ0) is 48.6. The monoisotopic (exact) mass is 958 g/mol. The van der Waals surface area contributed by atoms with E-state index in [4.69, 9.17) is 51.8 Å². The molecule has 20 atom stereocenters. The highest BCUT2D eigenvalue weighted by atomic mass is 16.8.